The summed E-state index contributed by atoms with van der Waals surface area (Å²) in [6.45, 7) is 3.73. The Hall–Kier alpha value is -1.58. The summed E-state index contributed by atoms with van der Waals surface area (Å²) in [6.07, 6.45) is 0.717. The molecule has 2 N–H and O–H groups in total. The normalized spacial score (nSPS) is 12.2. The first kappa shape index (κ1) is 14.8. The molecular formula is C16H17ClFNO. The Morgan fingerprint density at radius 2 is 2.00 bits per heavy atom. The molecule has 106 valence electrons. The largest absolute Gasteiger partial charge is 0.457 e. The number of aryl methyl sites for hydroxylation is 1. The summed E-state index contributed by atoms with van der Waals surface area (Å²) in [6, 6.07) is 9.96. The van der Waals surface area contributed by atoms with Crippen molar-refractivity contribution in [3.63, 3.8) is 0 Å². The van der Waals surface area contributed by atoms with E-state index in [2.05, 4.69) is 0 Å². The molecular weight excluding hydrogens is 277 g/mol. The molecule has 2 aromatic carbocycles. The van der Waals surface area contributed by atoms with Crippen LogP contribution in [0.25, 0.3) is 0 Å². The number of halogens is 2. The summed E-state index contributed by atoms with van der Waals surface area (Å²) in [5.74, 6) is 0.959. The number of hydrogen-bond acceptors (Lipinski definition) is 2. The molecule has 0 fully saturated rings. The van der Waals surface area contributed by atoms with E-state index in [9.17, 15) is 4.39 Å². The zero-order chi connectivity index (χ0) is 14.7. The first-order valence-corrected chi connectivity index (χ1v) is 6.81. The van der Waals surface area contributed by atoms with Crippen LogP contribution in [0.1, 0.15) is 18.1 Å². The van der Waals surface area contributed by atoms with Gasteiger partial charge in [-0.25, -0.2) is 4.39 Å². The molecule has 0 saturated heterocycles. The second kappa shape index (κ2) is 6.25. The molecule has 0 aromatic heterocycles. The predicted molar refractivity (Wildman–Crippen MR) is 80.0 cm³/mol. The topological polar surface area (TPSA) is 35.2 Å². The molecule has 0 aliphatic carbocycles. The molecule has 0 aliphatic heterocycles. The van der Waals surface area contributed by atoms with Crippen molar-refractivity contribution < 1.29 is 9.13 Å². The number of rotatable bonds is 4. The number of benzene rings is 2. The van der Waals surface area contributed by atoms with Gasteiger partial charge in [0.1, 0.15) is 17.3 Å². The third kappa shape index (κ3) is 3.71. The average molecular weight is 294 g/mol. The molecule has 0 heterocycles. The highest BCUT2D eigenvalue weighted by molar-refractivity contribution is 6.31. The van der Waals surface area contributed by atoms with Gasteiger partial charge in [-0.2, -0.15) is 0 Å². The summed E-state index contributed by atoms with van der Waals surface area (Å²) >= 11 is 6.21. The summed E-state index contributed by atoms with van der Waals surface area (Å²) in [7, 11) is 0. The fourth-order valence-electron chi connectivity index (χ4n) is 1.96. The van der Waals surface area contributed by atoms with E-state index in [1.165, 1.54) is 12.1 Å². The van der Waals surface area contributed by atoms with Gasteiger partial charge in [-0.05, 0) is 61.7 Å². The molecule has 0 bridgehead atoms. The van der Waals surface area contributed by atoms with Crippen LogP contribution >= 0.6 is 11.6 Å². The van der Waals surface area contributed by atoms with E-state index in [1.54, 1.807) is 19.1 Å². The van der Waals surface area contributed by atoms with Crippen LogP contribution in [0.15, 0.2) is 36.4 Å². The van der Waals surface area contributed by atoms with Crippen LogP contribution in [0, 0.1) is 12.7 Å². The highest BCUT2D eigenvalue weighted by atomic mass is 35.5. The summed E-state index contributed by atoms with van der Waals surface area (Å²) < 4.78 is 18.8. The Labute approximate surface area is 123 Å². The molecule has 2 nitrogen and oxygen atoms in total. The maximum Gasteiger partial charge on any atom is 0.130 e. The van der Waals surface area contributed by atoms with Gasteiger partial charge in [-0.1, -0.05) is 17.7 Å². The van der Waals surface area contributed by atoms with E-state index >= 15 is 0 Å². The fraction of sp³-hybridized carbons (Fsp3) is 0.250. The Morgan fingerprint density at radius 1 is 1.25 bits per heavy atom. The third-order valence-corrected chi connectivity index (χ3v) is 3.28. The zero-order valence-electron chi connectivity index (χ0n) is 11.5. The van der Waals surface area contributed by atoms with Crippen molar-refractivity contribution in [1.82, 2.24) is 0 Å². The van der Waals surface area contributed by atoms with Crippen LogP contribution in [-0.4, -0.2) is 6.04 Å². The van der Waals surface area contributed by atoms with Crippen LogP contribution in [0.5, 0.6) is 11.5 Å². The molecule has 1 unspecified atom stereocenters. The Kier molecular flexibility index (Phi) is 4.63. The van der Waals surface area contributed by atoms with E-state index in [0.29, 0.717) is 22.9 Å². The maximum absolute atomic E-state index is 13.0. The van der Waals surface area contributed by atoms with Gasteiger partial charge < -0.3 is 10.5 Å². The molecule has 0 radical (unpaired) electrons. The van der Waals surface area contributed by atoms with Crippen molar-refractivity contribution in [3.05, 3.63) is 58.4 Å². The molecule has 0 aliphatic rings. The lowest BCUT2D eigenvalue weighted by Crippen LogP contribution is -2.17. The Morgan fingerprint density at radius 3 is 2.60 bits per heavy atom. The van der Waals surface area contributed by atoms with E-state index in [-0.39, 0.29) is 11.9 Å². The quantitative estimate of drug-likeness (QED) is 0.902. The van der Waals surface area contributed by atoms with Gasteiger partial charge in [0.05, 0.1) is 0 Å². The van der Waals surface area contributed by atoms with Gasteiger partial charge in [-0.15, -0.1) is 0 Å². The van der Waals surface area contributed by atoms with Crippen molar-refractivity contribution in [2.45, 2.75) is 26.3 Å². The van der Waals surface area contributed by atoms with E-state index in [0.717, 1.165) is 11.1 Å². The molecule has 0 spiro atoms. The van der Waals surface area contributed by atoms with Gasteiger partial charge in [0, 0.05) is 11.1 Å². The highest BCUT2D eigenvalue weighted by Gasteiger charge is 2.07. The van der Waals surface area contributed by atoms with Crippen LogP contribution in [0.2, 0.25) is 5.02 Å². The minimum atomic E-state index is -0.278. The van der Waals surface area contributed by atoms with Crippen molar-refractivity contribution in [2.24, 2.45) is 5.73 Å². The Bertz CT molecular complexity index is 613. The number of hydrogen-bond donors (Lipinski definition) is 1. The van der Waals surface area contributed by atoms with Gasteiger partial charge in [0.15, 0.2) is 0 Å². The lowest BCUT2D eigenvalue weighted by Gasteiger charge is -2.12. The molecule has 4 heteroatoms. The van der Waals surface area contributed by atoms with Crippen LogP contribution < -0.4 is 10.5 Å². The molecule has 0 amide bonds. The summed E-state index contributed by atoms with van der Waals surface area (Å²) in [5.41, 5.74) is 7.49. The van der Waals surface area contributed by atoms with Gasteiger partial charge >= 0.3 is 0 Å². The second-order valence-electron chi connectivity index (χ2n) is 4.95. The predicted octanol–water partition coefficient (Wildman–Crippen LogP) is 4.47. The smallest absolute Gasteiger partial charge is 0.130 e. The number of nitrogens with two attached hydrogens (primary N) is 1. The van der Waals surface area contributed by atoms with Crippen molar-refractivity contribution in [2.75, 3.05) is 0 Å². The summed E-state index contributed by atoms with van der Waals surface area (Å²) in [5, 5.41) is 0.625. The minimum Gasteiger partial charge on any atom is -0.457 e. The monoisotopic (exact) mass is 293 g/mol. The lowest BCUT2D eigenvalue weighted by atomic mass is 10.1. The highest BCUT2D eigenvalue weighted by Crippen LogP contribution is 2.29. The fourth-order valence-corrected chi connectivity index (χ4v) is 2.21. The lowest BCUT2D eigenvalue weighted by molar-refractivity contribution is 0.476. The van der Waals surface area contributed by atoms with E-state index < -0.39 is 0 Å². The van der Waals surface area contributed by atoms with Crippen LogP contribution in [-0.2, 0) is 6.42 Å². The molecule has 1 atom stereocenters. The zero-order valence-corrected chi connectivity index (χ0v) is 12.2. The third-order valence-electron chi connectivity index (χ3n) is 2.93. The van der Waals surface area contributed by atoms with Crippen LogP contribution in [0.3, 0.4) is 0 Å². The maximum atomic E-state index is 13.0. The standard InChI is InChI=1S/C16H17ClFNO/c1-10-7-13(18)4-6-16(10)20-14-5-3-12(8-11(2)19)15(17)9-14/h3-7,9,11H,8,19H2,1-2H3. The molecule has 2 rings (SSSR count). The number of ether oxygens (including phenoxy) is 1. The second-order valence-corrected chi connectivity index (χ2v) is 5.35. The van der Waals surface area contributed by atoms with Gasteiger partial charge in [0.25, 0.3) is 0 Å². The first-order valence-electron chi connectivity index (χ1n) is 6.43. The summed E-state index contributed by atoms with van der Waals surface area (Å²) in [4.78, 5) is 0. The molecule has 2 aromatic rings. The van der Waals surface area contributed by atoms with E-state index in [1.807, 2.05) is 19.1 Å². The first-order chi connectivity index (χ1) is 9.45. The van der Waals surface area contributed by atoms with Crippen molar-refractivity contribution in [1.29, 1.82) is 0 Å². The van der Waals surface area contributed by atoms with Crippen molar-refractivity contribution in [3.8, 4) is 11.5 Å². The Balaban J connectivity index is 2.20. The van der Waals surface area contributed by atoms with Crippen LogP contribution in [0.4, 0.5) is 4.39 Å². The average Bonchev–Trinajstić information content (AvgIpc) is 2.36. The minimum absolute atomic E-state index is 0.0543. The van der Waals surface area contributed by atoms with Gasteiger partial charge in [-0.3, -0.25) is 0 Å². The molecule has 20 heavy (non-hydrogen) atoms. The van der Waals surface area contributed by atoms with Crippen molar-refractivity contribution >= 4 is 11.6 Å². The molecule has 0 saturated carbocycles. The van der Waals surface area contributed by atoms with E-state index in [4.69, 9.17) is 22.1 Å². The van der Waals surface area contributed by atoms with Gasteiger partial charge in [0.2, 0.25) is 0 Å². The SMILES string of the molecule is Cc1cc(F)ccc1Oc1ccc(CC(C)N)c(Cl)c1.